The van der Waals surface area contributed by atoms with E-state index < -0.39 is 0 Å². The van der Waals surface area contributed by atoms with Crippen LogP contribution in [0, 0.1) is 5.92 Å². The second-order valence-electron chi connectivity index (χ2n) is 5.29. The van der Waals surface area contributed by atoms with Crippen LogP contribution in [-0.2, 0) is 0 Å². The summed E-state index contributed by atoms with van der Waals surface area (Å²) >= 11 is 0. The van der Waals surface area contributed by atoms with E-state index in [0.29, 0.717) is 6.04 Å². The fourth-order valence-corrected chi connectivity index (χ4v) is 2.14. The molecule has 2 heteroatoms. The van der Waals surface area contributed by atoms with Crippen LogP contribution >= 0.6 is 0 Å². The number of nitrogens with zero attached hydrogens (tertiary/aromatic N) is 1. The smallest absolute Gasteiger partial charge is 0.0209 e. The molecule has 0 aromatic carbocycles. The van der Waals surface area contributed by atoms with Crippen LogP contribution in [0.2, 0.25) is 0 Å². The average Bonchev–Trinajstić information content (AvgIpc) is 2.48. The van der Waals surface area contributed by atoms with Gasteiger partial charge in [0.15, 0.2) is 0 Å². The van der Waals surface area contributed by atoms with E-state index in [0.717, 1.165) is 12.0 Å². The first kappa shape index (κ1) is 12.0. The SMILES string of the molecule is CC(C)CC[C@@H](C)N[C@@H]1CCN(C)C1. The topological polar surface area (TPSA) is 15.3 Å². The summed E-state index contributed by atoms with van der Waals surface area (Å²) in [6.45, 7) is 9.41. The van der Waals surface area contributed by atoms with Crippen molar-refractivity contribution in [2.75, 3.05) is 20.1 Å². The highest BCUT2D eigenvalue weighted by Crippen LogP contribution is 2.10. The molecule has 1 rings (SSSR count). The Morgan fingerprint density at radius 2 is 2.00 bits per heavy atom. The summed E-state index contributed by atoms with van der Waals surface area (Å²) in [5.41, 5.74) is 0. The van der Waals surface area contributed by atoms with Crippen molar-refractivity contribution in [1.29, 1.82) is 0 Å². The average molecular weight is 198 g/mol. The van der Waals surface area contributed by atoms with E-state index in [-0.39, 0.29) is 0 Å². The van der Waals surface area contributed by atoms with Gasteiger partial charge in [-0.15, -0.1) is 0 Å². The molecule has 0 saturated carbocycles. The Morgan fingerprint density at radius 3 is 2.50 bits per heavy atom. The third kappa shape index (κ3) is 4.43. The molecule has 0 spiro atoms. The van der Waals surface area contributed by atoms with Crippen molar-refractivity contribution >= 4 is 0 Å². The van der Waals surface area contributed by atoms with Crippen LogP contribution in [0.15, 0.2) is 0 Å². The summed E-state index contributed by atoms with van der Waals surface area (Å²) in [7, 11) is 2.21. The highest BCUT2D eigenvalue weighted by molar-refractivity contribution is 4.81. The molecule has 2 atom stereocenters. The van der Waals surface area contributed by atoms with Crippen molar-refractivity contribution < 1.29 is 0 Å². The minimum absolute atomic E-state index is 0.689. The molecule has 1 N–H and O–H groups in total. The molecule has 0 aliphatic carbocycles. The maximum absolute atomic E-state index is 3.72. The molecule has 0 bridgehead atoms. The van der Waals surface area contributed by atoms with Gasteiger partial charge in [-0.3, -0.25) is 0 Å². The lowest BCUT2D eigenvalue weighted by Gasteiger charge is -2.20. The van der Waals surface area contributed by atoms with Crippen LogP contribution in [0.4, 0.5) is 0 Å². The van der Waals surface area contributed by atoms with Gasteiger partial charge >= 0.3 is 0 Å². The van der Waals surface area contributed by atoms with Gasteiger partial charge in [-0.25, -0.2) is 0 Å². The summed E-state index contributed by atoms with van der Waals surface area (Å²) in [4.78, 5) is 2.41. The largest absolute Gasteiger partial charge is 0.310 e. The zero-order valence-electron chi connectivity index (χ0n) is 10.2. The Balaban J connectivity index is 2.10. The number of rotatable bonds is 5. The van der Waals surface area contributed by atoms with Crippen molar-refractivity contribution in [3.63, 3.8) is 0 Å². The van der Waals surface area contributed by atoms with E-state index in [1.54, 1.807) is 0 Å². The van der Waals surface area contributed by atoms with Crippen molar-refractivity contribution in [1.82, 2.24) is 10.2 Å². The Morgan fingerprint density at radius 1 is 1.29 bits per heavy atom. The van der Waals surface area contributed by atoms with Gasteiger partial charge in [-0.1, -0.05) is 13.8 Å². The Labute approximate surface area is 89.1 Å². The Hall–Kier alpha value is -0.0800. The summed E-state index contributed by atoms with van der Waals surface area (Å²) in [5.74, 6) is 0.838. The van der Waals surface area contributed by atoms with Gasteiger partial charge in [0.05, 0.1) is 0 Å². The van der Waals surface area contributed by atoms with E-state index in [1.807, 2.05) is 0 Å². The van der Waals surface area contributed by atoms with Crippen molar-refractivity contribution in [2.24, 2.45) is 5.92 Å². The van der Waals surface area contributed by atoms with Crippen LogP contribution in [0.3, 0.4) is 0 Å². The summed E-state index contributed by atoms with van der Waals surface area (Å²) in [5, 5.41) is 3.72. The highest BCUT2D eigenvalue weighted by Gasteiger charge is 2.20. The molecule has 0 amide bonds. The first-order valence-electron chi connectivity index (χ1n) is 6.02. The number of likely N-dealkylation sites (tertiary alicyclic amines) is 1. The number of likely N-dealkylation sites (N-methyl/N-ethyl adjacent to an activating group) is 1. The molecule has 0 radical (unpaired) electrons. The molecule has 0 unspecified atom stereocenters. The lowest BCUT2D eigenvalue weighted by atomic mass is 10.0. The van der Waals surface area contributed by atoms with Crippen molar-refractivity contribution in [3.05, 3.63) is 0 Å². The normalized spacial score (nSPS) is 25.9. The van der Waals surface area contributed by atoms with E-state index >= 15 is 0 Å². The van der Waals surface area contributed by atoms with E-state index in [4.69, 9.17) is 0 Å². The lowest BCUT2D eigenvalue weighted by molar-refractivity contribution is 0.370. The molecule has 1 aliphatic rings. The van der Waals surface area contributed by atoms with E-state index in [1.165, 1.54) is 32.4 Å². The van der Waals surface area contributed by atoms with Crippen LogP contribution < -0.4 is 5.32 Å². The van der Waals surface area contributed by atoms with Crippen LogP contribution in [0.1, 0.15) is 40.0 Å². The quantitative estimate of drug-likeness (QED) is 0.728. The Bertz CT molecular complexity index is 156. The zero-order valence-corrected chi connectivity index (χ0v) is 10.2. The highest BCUT2D eigenvalue weighted by atomic mass is 15.2. The monoisotopic (exact) mass is 198 g/mol. The minimum atomic E-state index is 0.689. The molecule has 1 fully saturated rings. The fourth-order valence-electron chi connectivity index (χ4n) is 2.14. The van der Waals surface area contributed by atoms with Crippen molar-refractivity contribution in [2.45, 2.75) is 52.1 Å². The second-order valence-corrected chi connectivity index (χ2v) is 5.29. The van der Waals surface area contributed by atoms with Gasteiger partial charge < -0.3 is 10.2 Å². The van der Waals surface area contributed by atoms with Crippen LogP contribution in [-0.4, -0.2) is 37.1 Å². The molecule has 0 aromatic rings. The maximum Gasteiger partial charge on any atom is 0.0209 e. The van der Waals surface area contributed by atoms with Gasteiger partial charge in [-0.05, 0) is 45.7 Å². The molecule has 84 valence electrons. The van der Waals surface area contributed by atoms with Crippen LogP contribution in [0.5, 0.6) is 0 Å². The predicted octanol–water partition coefficient (Wildman–Crippen LogP) is 2.10. The standard InChI is InChI=1S/C12H26N2/c1-10(2)5-6-11(3)13-12-7-8-14(4)9-12/h10-13H,5-9H2,1-4H3/t11-,12-/m1/s1. The maximum atomic E-state index is 3.72. The van der Waals surface area contributed by atoms with Gasteiger partial charge in [0.2, 0.25) is 0 Å². The van der Waals surface area contributed by atoms with E-state index in [2.05, 4.69) is 38.0 Å². The Kier molecular flexibility index (Phi) is 4.90. The second kappa shape index (κ2) is 5.72. The first-order chi connectivity index (χ1) is 6.58. The summed E-state index contributed by atoms with van der Waals surface area (Å²) < 4.78 is 0. The zero-order chi connectivity index (χ0) is 10.6. The first-order valence-corrected chi connectivity index (χ1v) is 6.02. The third-order valence-electron chi connectivity index (χ3n) is 3.09. The summed E-state index contributed by atoms with van der Waals surface area (Å²) in [6, 6.07) is 1.43. The molecule has 1 heterocycles. The summed E-state index contributed by atoms with van der Waals surface area (Å²) in [6.07, 6.45) is 3.98. The van der Waals surface area contributed by atoms with Gasteiger partial charge in [0.1, 0.15) is 0 Å². The third-order valence-corrected chi connectivity index (χ3v) is 3.09. The molecular formula is C12H26N2. The van der Waals surface area contributed by atoms with Gasteiger partial charge in [0, 0.05) is 18.6 Å². The molecule has 14 heavy (non-hydrogen) atoms. The number of hydrogen-bond donors (Lipinski definition) is 1. The molecule has 0 aromatic heterocycles. The number of nitrogens with one attached hydrogen (secondary N) is 1. The molecular weight excluding hydrogens is 172 g/mol. The van der Waals surface area contributed by atoms with Gasteiger partial charge in [-0.2, -0.15) is 0 Å². The number of hydrogen-bond acceptors (Lipinski definition) is 2. The molecule has 1 saturated heterocycles. The van der Waals surface area contributed by atoms with Crippen molar-refractivity contribution in [3.8, 4) is 0 Å². The fraction of sp³-hybridized carbons (Fsp3) is 1.00. The predicted molar refractivity (Wildman–Crippen MR) is 62.6 cm³/mol. The molecule has 2 nitrogen and oxygen atoms in total. The van der Waals surface area contributed by atoms with Gasteiger partial charge in [0.25, 0.3) is 0 Å². The van der Waals surface area contributed by atoms with E-state index in [9.17, 15) is 0 Å². The molecule has 1 aliphatic heterocycles. The van der Waals surface area contributed by atoms with Crippen LogP contribution in [0.25, 0.3) is 0 Å². The lowest BCUT2D eigenvalue weighted by Crippen LogP contribution is -2.38. The minimum Gasteiger partial charge on any atom is -0.310 e.